The molecule has 1 aliphatic rings. The zero-order valence-electron chi connectivity index (χ0n) is 17.3. The molecule has 0 fully saturated rings. The number of primary amides is 1. The summed E-state index contributed by atoms with van der Waals surface area (Å²) in [5, 5.41) is 4.63. The van der Waals surface area contributed by atoms with E-state index in [1.54, 1.807) is 23.2 Å². The Kier molecular flexibility index (Phi) is 6.27. The second-order valence-corrected chi connectivity index (χ2v) is 7.31. The van der Waals surface area contributed by atoms with Crippen molar-refractivity contribution in [2.45, 2.75) is 32.5 Å². The van der Waals surface area contributed by atoms with Gasteiger partial charge in [0.2, 0.25) is 5.91 Å². The van der Waals surface area contributed by atoms with Gasteiger partial charge in [0.1, 0.15) is 11.6 Å². The highest BCUT2D eigenvalue weighted by Gasteiger charge is 2.35. The first-order valence-corrected chi connectivity index (χ1v) is 9.68. The van der Waals surface area contributed by atoms with Gasteiger partial charge in [-0.15, -0.1) is 0 Å². The Balaban J connectivity index is 1.71. The molecule has 1 atom stereocenters. The average Bonchev–Trinajstić information content (AvgIpc) is 3.10. The maximum absolute atomic E-state index is 12.4. The van der Waals surface area contributed by atoms with Crippen molar-refractivity contribution in [3.8, 4) is 5.75 Å². The third-order valence-corrected chi connectivity index (χ3v) is 4.99. The van der Waals surface area contributed by atoms with Crippen LogP contribution in [0.3, 0.4) is 0 Å². The minimum absolute atomic E-state index is 0.0637. The van der Waals surface area contributed by atoms with Crippen LogP contribution in [0.4, 0.5) is 0 Å². The highest BCUT2D eigenvalue weighted by atomic mass is 16.5. The van der Waals surface area contributed by atoms with Crippen LogP contribution in [-0.2, 0) is 11.3 Å². The third kappa shape index (κ3) is 4.23. The van der Waals surface area contributed by atoms with Crippen LogP contribution in [-0.4, -0.2) is 30.0 Å². The molecule has 0 radical (unpaired) electrons. The number of benzene rings is 2. The van der Waals surface area contributed by atoms with Gasteiger partial charge in [-0.05, 0) is 37.1 Å². The molecular formula is C22H27N5O3. The van der Waals surface area contributed by atoms with E-state index in [2.05, 4.69) is 10.7 Å². The third-order valence-electron chi connectivity index (χ3n) is 4.99. The summed E-state index contributed by atoms with van der Waals surface area (Å²) in [6, 6.07) is 14.3. The summed E-state index contributed by atoms with van der Waals surface area (Å²) < 4.78 is 5.23. The highest BCUT2D eigenvalue weighted by molar-refractivity contribution is 5.97. The molecule has 6 N–H and O–H groups in total. The molecule has 158 valence electrons. The summed E-state index contributed by atoms with van der Waals surface area (Å²) in [5.74, 6) is 0.0981. The Morgan fingerprint density at radius 3 is 2.43 bits per heavy atom. The Morgan fingerprint density at radius 2 is 1.83 bits per heavy atom. The maximum atomic E-state index is 12.4. The molecular weight excluding hydrogens is 382 g/mol. The molecule has 3 rings (SSSR count). The van der Waals surface area contributed by atoms with Crippen molar-refractivity contribution < 1.29 is 14.3 Å². The standard InChI is InChI=1S/C22H27N5O3/c1-13(2)27-20(23)18(21(24)28)19(26-27)15-10-8-14(9-11-15)12-25-22(29)16-6-4-5-7-17(16)30-3/h4-11,13,19,26H,12,23H2,1-3H3,(H2,24,28)(H,25,29). The molecule has 1 heterocycles. The van der Waals surface area contributed by atoms with Gasteiger partial charge in [-0.1, -0.05) is 36.4 Å². The molecule has 2 aromatic rings. The van der Waals surface area contributed by atoms with Crippen molar-refractivity contribution in [3.63, 3.8) is 0 Å². The summed E-state index contributed by atoms with van der Waals surface area (Å²) in [4.78, 5) is 24.4. The van der Waals surface area contributed by atoms with Gasteiger partial charge in [-0.2, -0.15) is 0 Å². The second-order valence-electron chi connectivity index (χ2n) is 7.31. The van der Waals surface area contributed by atoms with E-state index in [4.69, 9.17) is 16.2 Å². The molecule has 2 amide bonds. The summed E-state index contributed by atoms with van der Waals surface area (Å²) in [5.41, 5.74) is 17.5. The molecule has 8 heteroatoms. The van der Waals surface area contributed by atoms with Crippen LogP contribution in [0.1, 0.15) is 41.4 Å². The number of rotatable bonds is 7. The van der Waals surface area contributed by atoms with Gasteiger partial charge in [0, 0.05) is 12.6 Å². The van der Waals surface area contributed by atoms with Gasteiger partial charge in [0.05, 0.1) is 24.3 Å². The van der Waals surface area contributed by atoms with Crippen molar-refractivity contribution in [2.24, 2.45) is 11.5 Å². The number of hydrogen-bond acceptors (Lipinski definition) is 6. The monoisotopic (exact) mass is 409 g/mol. The number of carbonyl (C=O) groups excluding carboxylic acids is 2. The Labute approximate surface area is 175 Å². The summed E-state index contributed by atoms with van der Waals surface area (Å²) in [6.07, 6.45) is 0. The average molecular weight is 409 g/mol. The topological polar surface area (TPSA) is 123 Å². The first kappa shape index (κ1) is 21.2. The summed E-state index contributed by atoms with van der Waals surface area (Å²) >= 11 is 0. The number of nitrogens with two attached hydrogens (primary N) is 2. The van der Waals surface area contributed by atoms with Crippen LogP contribution in [0.25, 0.3) is 0 Å². The van der Waals surface area contributed by atoms with Crippen molar-refractivity contribution in [1.29, 1.82) is 0 Å². The van der Waals surface area contributed by atoms with Crippen molar-refractivity contribution >= 4 is 11.8 Å². The number of nitrogens with one attached hydrogen (secondary N) is 2. The van der Waals surface area contributed by atoms with Crippen LogP contribution in [0, 0.1) is 0 Å². The van der Waals surface area contributed by atoms with Crippen molar-refractivity contribution in [3.05, 3.63) is 76.6 Å². The zero-order chi connectivity index (χ0) is 21.8. The molecule has 0 aromatic heterocycles. The zero-order valence-corrected chi connectivity index (χ0v) is 17.3. The van der Waals surface area contributed by atoms with Gasteiger partial charge in [-0.3, -0.25) is 14.6 Å². The van der Waals surface area contributed by atoms with Crippen LogP contribution in [0.5, 0.6) is 5.75 Å². The van der Waals surface area contributed by atoms with E-state index in [1.807, 2.05) is 44.2 Å². The van der Waals surface area contributed by atoms with Gasteiger partial charge < -0.3 is 21.5 Å². The fraction of sp³-hybridized carbons (Fsp3) is 0.273. The minimum atomic E-state index is -0.554. The first-order chi connectivity index (χ1) is 14.3. The number of carbonyl (C=O) groups is 2. The molecule has 0 aliphatic carbocycles. The number of amides is 2. The van der Waals surface area contributed by atoms with E-state index in [9.17, 15) is 9.59 Å². The van der Waals surface area contributed by atoms with E-state index in [0.717, 1.165) is 11.1 Å². The van der Waals surface area contributed by atoms with E-state index < -0.39 is 11.9 Å². The molecule has 0 bridgehead atoms. The van der Waals surface area contributed by atoms with Crippen LogP contribution >= 0.6 is 0 Å². The molecule has 30 heavy (non-hydrogen) atoms. The van der Waals surface area contributed by atoms with Gasteiger partial charge in [0.15, 0.2) is 0 Å². The molecule has 1 unspecified atom stereocenters. The van der Waals surface area contributed by atoms with Gasteiger partial charge >= 0.3 is 0 Å². The summed E-state index contributed by atoms with van der Waals surface area (Å²) in [7, 11) is 1.53. The lowest BCUT2D eigenvalue weighted by molar-refractivity contribution is -0.114. The Hall–Kier alpha value is -3.52. The number of methoxy groups -OCH3 is 1. The lowest BCUT2D eigenvalue weighted by Crippen LogP contribution is -2.40. The molecule has 0 spiro atoms. The normalized spacial score (nSPS) is 16.1. The first-order valence-electron chi connectivity index (χ1n) is 9.68. The second kappa shape index (κ2) is 8.87. The van der Waals surface area contributed by atoms with Crippen LogP contribution in [0.2, 0.25) is 0 Å². The fourth-order valence-electron chi connectivity index (χ4n) is 3.43. The lowest BCUT2D eigenvalue weighted by atomic mass is 9.98. The largest absolute Gasteiger partial charge is 0.496 e. The Morgan fingerprint density at radius 1 is 1.17 bits per heavy atom. The Bertz CT molecular complexity index is 969. The fourth-order valence-corrected chi connectivity index (χ4v) is 3.43. The number of hydrazine groups is 1. The quantitative estimate of drug-likeness (QED) is 0.550. The van der Waals surface area contributed by atoms with Crippen molar-refractivity contribution in [2.75, 3.05) is 7.11 Å². The van der Waals surface area contributed by atoms with Gasteiger partial charge in [-0.25, -0.2) is 5.43 Å². The molecule has 0 saturated heterocycles. The highest BCUT2D eigenvalue weighted by Crippen LogP contribution is 2.31. The predicted molar refractivity (Wildman–Crippen MR) is 114 cm³/mol. The van der Waals surface area contributed by atoms with E-state index >= 15 is 0 Å². The number of para-hydroxylation sites is 1. The van der Waals surface area contributed by atoms with E-state index in [0.29, 0.717) is 29.3 Å². The van der Waals surface area contributed by atoms with Crippen LogP contribution < -0.4 is 26.9 Å². The smallest absolute Gasteiger partial charge is 0.255 e. The van der Waals surface area contributed by atoms with Gasteiger partial charge in [0.25, 0.3) is 5.91 Å². The SMILES string of the molecule is COc1ccccc1C(=O)NCc1ccc(C2NN(C(C)C)C(N)=C2C(N)=O)cc1. The minimum Gasteiger partial charge on any atom is -0.496 e. The lowest BCUT2D eigenvalue weighted by Gasteiger charge is -2.25. The summed E-state index contributed by atoms with van der Waals surface area (Å²) in [6.45, 7) is 4.29. The molecule has 2 aromatic carbocycles. The number of hydrogen-bond donors (Lipinski definition) is 4. The number of nitrogens with zero attached hydrogens (tertiary/aromatic N) is 1. The maximum Gasteiger partial charge on any atom is 0.255 e. The molecule has 8 nitrogen and oxygen atoms in total. The molecule has 1 aliphatic heterocycles. The number of ether oxygens (including phenoxy) is 1. The van der Waals surface area contributed by atoms with E-state index in [1.165, 1.54) is 7.11 Å². The molecule has 0 saturated carbocycles. The predicted octanol–water partition coefficient (Wildman–Crippen LogP) is 1.55. The van der Waals surface area contributed by atoms with E-state index in [-0.39, 0.29) is 11.9 Å². The van der Waals surface area contributed by atoms with Crippen molar-refractivity contribution in [1.82, 2.24) is 15.8 Å². The van der Waals surface area contributed by atoms with Crippen LogP contribution in [0.15, 0.2) is 59.9 Å².